The molecule has 0 atom stereocenters. The highest BCUT2D eigenvalue weighted by Gasteiger charge is 2.38. The summed E-state index contributed by atoms with van der Waals surface area (Å²) in [7, 11) is 0. The van der Waals surface area contributed by atoms with Gasteiger partial charge in [-0.15, -0.1) is 6.58 Å². The maximum absolute atomic E-state index is 13.5. The molecule has 3 rings (SSSR count). The molecule has 0 bridgehead atoms. The molecule has 0 saturated heterocycles. The van der Waals surface area contributed by atoms with E-state index in [0.29, 0.717) is 5.56 Å². The third-order valence-corrected chi connectivity index (χ3v) is 4.46. The van der Waals surface area contributed by atoms with Crippen LogP contribution in [0.25, 0.3) is 5.57 Å². The standard InChI is InChI=1S/C21H18F2N2O2/c1-4-9-25-20(26)18(14-6-5-12(2)13(3)10-14)19(21(25)27)24-15-7-8-16(22)17(23)11-15/h4-8,10-11,24H,1,9H2,2-3H3. The lowest BCUT2D eigenvalue weighted by atomic mass is 9.99. The minimum absolute atomic E-state index is 0.0242. The summed E-state index contributed by atoms with van der Waals surface area (Å²) in [5.74, 6) is -3.05. The molecule has 1 heterocycles. The van der Waals surface area contributed by atoms with Crippen molar-refractivity contribution < 1.29 is 18.4 Å². The van der Waals surface area contributed by atoms with Crippen molar-refractivity contribution in [3.63, 3.8) is 0 Å². The molecule has 2 aromatic rings. The van der Waals surface area contributed by atoms with E-state index in [1.54, 1.807) is 6.07 Å². The zero-order chi connectivity index (χ0) is 19.7. The van der Waals surface area contributed by atoms with E-state index in [-0.39, 0.29) is 23.5 Å². The minimum atomic E-state index is -1.05. The van der Waals surface area contributed by atoms with Crippen LogP contribution < -0.4 is 5.32 Å². The van der Waals surface area contributed by atoms with E-state index >= 15 is 0 Å². The molecule has 0 spiro atoms. The van der Waals surface area contributed by atoms with Crippen LogP contribution in [0.3, 0.4) is 0 Å². The predicted molar refractivity (Wildman–Crippen MR) is 99.7 cm³/mol. The first-order chi connectivity index (χ1) is 12.8. The normalized spacial score (nSPS) is 14.1. The van der Waals surface area contributed by atoms with Crippen molar-refractivity contribution in [2.45, 2.75) is 13.8 Å². The van der Waals surface area contributed by atoms with E-state index in [0.717, 1.165) is 28.2 Å². The Labute approximate surface area is 155 Å². The fourth-order valence-electron chi connectivity index (χ4n) is 2.87. The molecular formula is C21H18F2N2O2. The minimum Gasteiger partial charge on any atom is -0.350 e. The number of halogens is 2. The van der Waals surface area contributed by atoms with Gasteiger partial charge in [0.1, 0.15) is 5.70 Å². The fourth-order valence-corrected chi connectivity index (χ4v) is 2.87. The molecule has 2 aromatic carbocycles. The number of rotatable bonds is 5. The summed E-state index contributed by atoms with van der Waals surface area (Å²) in [6.07, 6.45) is 1.45. The Hall–Kier alpha value is -3.28. The first kappa shape index (κ1) is 18.5. The number of hydrogen-bond donors (Lipinski definition) is 1. The molecule has 0 aliphatic carbocycles. The second-order valence-electron chi connectivity index (χ2n) is 6.31. The van der Waals surface area contributed by atoms with Crippen LogP contribution in [0.15, 0.2) is 54.8 Å². The van der Waals surface area contributed by atoms with Gasteiger partial charge in [0.25, 0.3) is 11.8 Å². The van der Waals surface area contributed by atoms with Gasteiger partial charge in [0.2, 0.25) is 0 Å². The molecule has 1 aliphatic heterocycles. The number of amides is 2. The highest BCUT2D eigenvalue weighted by atomic mass is 19.2. The van der Waals surface area contributed by atoms with E-state index in [1.807, 2.05) is 26.0 Å². The molecule has 1 N–H and O–H groups in total. The maximum Gasteiger partial charge on any atom is 0.278 e. The van der Waals surface area contributed by atoms with Crippen molar-refractivity contribution in [2.24, 2.45) is 0 Å². The Morgan fingerprint density at radius 2 is 1.74 bits per heavy atom. The molecular weight excluding hydrogens is 350 g/mol. The van der Waals surface area contributed by atoms with Crippen molar-refractivity contribution in [3.8, 4) is 0 Å². The van der Waals surface area contributed by atoms with Gasteiger partial charge in [-0.05, 0) is 42.7 Å². The lowest BCUT2D eigenvalue weighted by Gasteiger charge is -2.12. The summed E-state index contributed by atoms with van der Waals surface area (Å²) < 4.78 is 26.7. The largest absolute Gasteiger partial charge is 0.350 e. The lowest BCUT2D eigenvalue weighted by Crippen LogP contribution is -2.32. The van der Waals surface area contributed by atoms with Gasteiger partial charge in [-0.25, -0.2) is 8.78 Å². The van der Waals surface area contributed by atoms with Crippen molar-refractivity contribution >= 4 is 23.1 Å². The number of carbonyl (C=O) groups excluding carboxylic acids is 2. The van der Waals surface area contributed by atoms with Gasteiger partial charge in [0.15, 0.2) is 11.6 Å². The van der Waals surface area contributed by atoms with E-state index < -0.39 is 23.4 Å². The average Bonchev–Trinajstić information content (AvgIpc) is 2.85. The van der Waals surface area contributed by atoms with E-state index in [1.165, 1.54) is 12.1 Å². The number of anilines is 1. The molecule has 6 heteroatoms. The summed E-state index contributed by atoms with van der Waals surface area (Å²) in [4.78, 5) is 26.7. The Morgan fingerprint density at radius 3 is 2.37 bits per heavy atom. The lowest BCUT2D eigenvalue weighted by molar-refractivity contribution is -0.136. The molecule has 2 amide bonds. The molecule has 0 radical (unpaired) electrons. The van der Waals surface area contributed by atoms with Gasteiger partial charge < -0.3 is 5.32 Å². The van der Waals surface area contributed by atoms with Crippen LogP contribution in [0, 0.1) is 25.5 Å². The van der Waals surface area contributed by atoms with Crippen LogP contribution in [0.2, 0.25) is 0 Å². The third-order valence-electron chi connectivity index (χ3n) is 4.46. The van der Waals surface area contributed by atoms with E-state index in [2.05, 4.69) is 11.9 Å². The van der Waals surface area contributed by atoms with Crippen molar-refractivity contribution in [1.29, 1.82) is 0 Å². The molecule has 0 fully saturated rings. The molecule has 0 unspecified atom stereocenters. The Morgan fingerprint density at radius 1 is 1.00 bits per heavy atom. The topological polar surface area (TPSA) is 49.4 Å². The number of nitrogens with one attached hydrogen (secondary N) is 1. The maximum atomic E-state index is 13.5. The first-order valence-corrected chi connectivity index (χ1v) is 8.34. The van der Waals surface area contributed by atoms with Gasteiger partial charge >= 0.3 is 0 Å². The zero-order valence-corrected chi connectivity index (χ0v) is 15.0. The molecule has 4 nitrogen and oxygen atoms in total. The Balaban J connectivity index is 2.11. The Kier molecular flexibility index (Phi) is 4.90. The van der Waals surface area contributed by atoms with Gasteiger partial charge in [-0.3, -0.25) is 14.5 Å². The van der Waals surface area contributed by atoms with Crippen LogP contribution in [0.4, 0.5) is 14.5 Å². The second kappa shape index (κ2) is 7.15. The smallest absolute Gasteiger partial charge is 0.278 e. The number of benzene rings is 2. The molecule has 138 valence electrons. The molecule has 0 aromatic heterocycles. The quantitative estimate of drug-likeness (QED) is 0.642. The Bertz CT molecular complexity index is 996. The van der Waals surface area contributed by atoms with Gasteiger partial charge in [-0.2, -0.15) is 0 Å². The van der Waals surface area contributed by atoms with Gasteiger partial charge in [-0.1, -0.05) is 24.3 Å². The highest BCUT2D eigenvalue weighted by Crippen LogP contribution is 2.31. The summed E-state index contributed by atoms with van der Waals surface area (Å²) in [6, 6.07) is 8.64. The molecule has 1 aliphatic rings. The van der Waals surface area contributed by atoms with Crippen LogP contribution in [0.1, 0.15) is 16.7 Å². The summed E-state index contributed by atoms with van der Waals surface area (Å²) >= 11 is 0. The summed E-state index contributed by atoms with van der Waals surface area (Å²) in [5, 5.41) is 2.79. The van der Waals surface area contributed by atoms with Crippen LogP contribution in [0.5, 0.6) is 0 Å². The van der Waals surface area contributed by atoms with Crippen LogP contribution in [-0.2, 0) is 9.59 Å². The average molecular weight is 368 g/mol. The van der Waals surface area contributed by atoms with Crippen LogP contribution in [-0.4, -0.2) is 23.3 Å². The van der Waals surface area contributed by atoms with Gasteiger partial charge in [0.05, 0.1) is 5.57 Å². The summed E-state index contributed by atoms with van der Waals surface area (Å²) in [6.45, 7) is 7.47. The van der Waals surface area contributed by atoms with Crippen molar-refractivity contribution in [2.75, 3.05) is 11.9 Å². The van der Waals surface area contributed by atoms with Gasteiger partial charge in [0, 0.05) is 18.3 Å². The fraction of sp³-hybridized carbons (Fsp3) is 0.143. The van der Waals surface area contributed by atoms with Crippen molar-refractivity contribution in [1.82, 2.24) is 4.90 Å². The molecule has 0 saturated carbocycles. The number of carbonyl (C=O) groups is 2. The number of imide groups is 1. The first-order valence-electron chi connectivity index (χ1n) is 8.34. The molecule has 27 heavy (non-hydrogen) atoms. The number of nitrogens with zero attached hydrogens (tertiary/aromatic N) is 1. The third kappa shape index (κ3) is 3.38. The number of aryl methyl sites for hydroxylation is 2. The number of hydrogen-bond acceptors (Lipinski definition) is 3. The predicted octanol–water partition coefficient (Wildman–Crippen LogP) is 3.96. The van der Waals surface area contributed by atoms with Crippen molar-refractivity contribution in [3.05, 3.63) is 83.1 Å². The monoisotopic (exact) mass is 368 g/mol. The van der Waals surface area contributed by atoms with E-state index in [9.17, 15) is 18.4 Å². The van der Waals surface area contributed by atoms with Crippen LogP contribution >= 0.6 is 0 Å². The summed E-state index contributed by atoms with van der Waals surface area (Å²) in [5.41, 5.74) is 2.98. The SMILES string of the molecule is C=CCN1C(=O)C(Nc2ccc(F)c(F)c2)=C(c2ccc(C)c(C)c2)C1=O. The highest BCUT2D eigenvalue weighted by molar-refractivity contribution is 6.36. The zero-order valence-electron chi connectivity index (χ0n) is 15.0. The second-order valence-corrected chi connectivity index (χ2v) is 6.31. The van der Waals surface area contributed by atoms with E-state index in [4.69, 9.17) is 0 Å².